The Kier molecular flexibility index (Phi) is 3.06. The van der Waals surface area contributed by atoms with Crippen LogP contribution in [-0.4, -0.2) is 23.5 Å². The molecule has 2 heterocycles. The maximum Gasteiger partial charge on any atom is 0.296 e. The van der Waals surface area contributed by atoms with Crippen molar-refractivity contribution < 1.29 is 14.1 Å². The fourth-order valence-corrected chi connectivity index (χ4v) is 2.86. The molecule has 0 spiro atoms. The summed E-state index contributed by atoms with van der Waals surface area (Å²) in [6.45, 7) is 0.559. The molecule has 1 aliphatic heterocycles. The van der Waals surface area contributed by atoms with Crippen LogP contribution in [0.5, 0.6) is 0 Å². The summed E-state index contributed by atoms with van der Waals surface area (Å²) in [7, 11) is 0. The van der Waals surface area contributed by atoms with Gasteiger partial charge in [0.2, 0.25) is 5.76 Å². The summed E-state index contributed by atoms with van der Waals surface area (Å²) in [5.41, 5.74) is 6.95. The average molecular weight is 336 g/mol. The van der Waals surface area contributed by atoms with Crippen LogP contribution in [-0.2, 0) is 6.42 Å². The summed E-state index contributed by atoms with van der Waals surface area (Å²) in [5.74, 6) is -1.06. The van der Waals surface area contributed by atoms with Crippen molar-refractivity contribution in [3.63, 3.8) is 0 Å². The molecule has 0 fully saturated rings. The largest absolute Gasteiger partial charge is 0.364 e. The van der Waals surface area contributed by atoms with Crippen LogP contribution in [0.25, 0.3) is 0 Å². The highest BCUT2D eigenvalue weighted by atomic mass is 79.9. The van der Waals surface area contributed by atoms with E-state index in [1.54, 1.807) is 4.90 Å². The molecule has 0 bridgehead atoms. The molecule has 0 aliphatic carbocycles. The van der Waals surface area contributed by atoms with E-state index in [2.05, 4.69) is 21.1 Å². The Balaban J connectivity index is 1.95. The van der Waals surface area contributed by atoms with Crippen molar-refractivity contribution in [2.45, 2.75) is 6.42 Å². The summed E-state index contributed by atoms with van der Waals surface area (Å²) < 4.78 is 5.74. The lowest BCUT2D eigenvalue weighted by Crippen LogP contribution is -2.28. The number of nitrogens with two attached hydrogens (primary N) is 1. The molecule has 1 aromatic heterocycles. The number of hydrogen-bond donors (Lipinski definition) is 1. The molecule has 2 amide bonds. The number of benzene rings is 1. The zero-order valence-electron chi connectivity index (χ0n) is 10.3. The van der Waals surface area contributed by atoms with E-state index in [0.717, 1.165) is 22.1 Å². The highest BCUT2D eigenvalue weighted by Crippen LogP contribution is 2.36. The predicted octanol–water partition coefficient (Wildman–Crippen LogP) is 1.74. The summed E-state index contributed by atoms with van der Waals surface area (Å²) in [6, 6.07) is 7.04. The summed E-state index contributed by atoms with van der Waals surface area (Å²) in [6.07, 6.45) is 0.775. The Morgan fingerprint density at radius 3 is 2.90 bits per heavy atom. The Bertz CT molecular complexity index is 711. The molecule has 2 N–H and O–H groups in total. The minimum Gasteiger partial charge on any atom is -0.364 e. The van der Waals surface area contributed by atoms with Gasteiger partial charge in [-0.25, -0.2) is 0 Å². The van der Waals surface area contributed by atoms with Crippen molar-refractivity contribution in [2.24, 2.45) is 5.73 Å². The number of anilines is 1. The van der Waals surface area contributed by atoms with E-state index in [-0.39, 0.29) is 17.4 Å². The molecule has 2 aromatic rings. The molecule has 0 atom stereocenters. The van der Waals surface area contributed by atoms with Crippen molar-refractivity contribution in [3.05, 3.63) is 45.8 Å². The van der Waals surface area contributed by atoms with Gasteiger partial charge in [0.05, 0.1) is 5.69 Å². The SMILES string of the molecule is NC(=O)c1cc(C(=O)N2CCc3cccc(Br)c32)on1. The second-order valence-electron chi connectivity index (χ2n) is 4.40. The van der Waals surface area contributed by atoms with E-state index in [0.29, 0.717) is 6.54 Å². The zero-order chi connectivity index (χ0) is 14.3. The van der Waals surface area contributed by atoms with Gasteiger partial charge in [0.1, 0.15) is 0 Å². The average Bonchev–Trinajstić information content (AvgIpc) is 3.05. The normalized spacial score (nSPS) is 13.3. The maximum atomic E-state index is 12.4. The van der Waals surface area contributed by atoms with Crippen LogP contribution in [0, 0.1) is 0 Å². The lowest BCUT2D eigenvalue weighted by molar-refractivity contribution is 0.0947. The molecule has 102 valence electrons. The number of aromatic nitrogens is 1. The Morgan fingerprint density at radius 2 is 2.20 bits per heavy atom. The second-order valence-corrected chi connectivity index (χ2v) is 5.25. The molecule has 3 rings (SSSR count). The monoisotopic (exact) mass is 335 g/mol. The molecule has 1 aromatic carbocycles. The molecule has 0 saturated heterocycles. The van der Waals surface area contributed by atoms with Crippen LogP contribution in [0.15, 0.2) is 33.3 Å². The van der Waals surface area contributed by atoms with E-state index < -0.39 is 5.91 Å². The van der Waals surface area contributed by atoms with Crippen LogP contribution in [0.2, 0.25) is 0 Å². The molecule has 0 radical (unpaired) electrons. The topological polar surface area (TPSA) is 89.4 Å². The first kappa shape index (κ1) is 12.9. The highest BCUT2D eigenvalue weighted by molar-refractivity contribution is 9.10. The van der Waals surface area contributed by atoms with Gasteiger partial charge < -0.3 is 15.2 Å². The number of fused-ring (bicyclic) bond motifs is 1. The number of primary amides is 1. The van der Waals surface area contributed by atoms with Gasteiger partial charge in [0.25, 0.3) is 11.8 Å². The van der Waals surface area contributed by atoms with Crippen molar-refractivity contribution in [2.75, 3.05) is 11.4 Å². The molecular formula is C13H10BrN3O3. The molecule has 7 heteroatoms. The van der Waals surface area contributed by atoms with E-state index >= 15 is 0 Å². The maximum absolute atomic E-state index is 12.4. The number of amides is 2. The number of rotatable bonds is 2. The molecule has 1 aliphatic rings. The third kappa shape index (κ3) is 2.00. The van der Waals surface area contributed by atoms with Gasteiger partial charge in [-0.15, -0.1) is 0 Å². The van der Waals surface area contributed by atoms with Crippen LogP contribution < -0.4 is 10.6 Å². The van der Waals surface area contributed by atoms with Crippen molar-refractivity contribution in [1.29, 1.82) is 0 Å². The standard InChI is InChI=1S/C13H10BrN3O3/c14-8-3-1-2-7-4-5-17(11(7)8)13(19)10-6-9(12(15)18)16-20-10/h1-3,6H,4-5H2,(H2,15,18). The van der Waals surface area contributed by atoms with Crippen molar-refractivity contribution >= 4 is 33.4 Å². The van der Waals surface area contributed by atoms with Crippen LogP contribution in [0.3, 0.4) is 0 Å². The van der Waals surface area contributed by atoms with E-state index in [1.807, 2.05) is 18.2 Å². The molecule has 0 unspecified atom stereocenters. The zero-order valence-corrected chi connectivity index (χ0v) is 11.9. The summed E-state index contributed by atoms with van der Waals surface area (Å²) in [4.78, 5) is 25.0. The molecule has 6 nitrogen and oxygen atoms in total. The minimum atomic E-state index is -0.726. The van der Waals surface area contributed by atoms with Gasteiger partial charge in [-0.05, 0) is 34.0 Å². The number of halogens is 1. The summed E-state index contributed by atoms with van der Waals surface area (Å²) in [5, 5.41) is 3.48. The van der Waals surface area contributed by atoms with Gasteiger partial charge >= 0.3 is 0 Å². The van der Waals surface area contributed by atoms with Gasteiger partial charge in [-0.1, -0.05) is 17.3 Å². The third-order valence-corrected chi connectivity index (χ3v) is 3.80. The molecule has 20 heavy (non-hydrogen) atoms. The van der Waals surface area contributed by atoms with Crippen LogP contribution in [0.1, 0.15) is 26.6 Å². The first-order valence-corrected chi connectivity index (χ1v) is 6.73. The number of carbonyl (C=O) groups is 2. The highest BCUT2D eigenvalue weighted by Gasteiger charge is 2.30. The van der Waals surface area contributed by atoms with Crippen molar-refractivity contribution in [1.82, 2.24) is 5.16 Å². The van der Waals surface area contributed by atoms with Gasteiger partial charge in [0.15, 0.2) is 5.69 Å². The second kappa shape index (κ2) is 4.75. The first-order chi connectivity index (χ1) is 9.58. The van der Waals surface area contributed by atoms with E-state index in [1.165, 1.54) is 6.07 Å². The lowest BCUT2D eigenvalue weighted by atomic mass is 10.2. The van der Waals surface area contributed by atoms with Gasteiger partial charge in [-0.3, -0.25) is 9.59 Å². The summed E-state index contributed by atoms with van der Waals surface area (Å²) >= 11 is 3.44. The van der Waals surface area contributed by atoms with Crippen LogP contribution >= 0.6 is 15.9 Å². The van der Waals surface area contributed by atoms with E-state index in [9.17, 15) is 9.59 Å². The third-order valence-electron chi connectivity index (χ3n) is 3.16. The molecular weight excluding hydrogens is 326 g/mol. The van der Waals surface area contributed by atoms with Gasteiger partial charge in [-0.2, -0.15) is 0 Å². The van der Waals surface area contributed by atoms with E-state index in [4.69, 9.17) is 10.3 Å². The minimum absolute atomic E-state index is 0.00223. The predicted molar refractivity (Wildman–Crippen MR) is 74.5 cm³/mol. The first-order valence-electron chi connectivity index (χ1n) is 5.93. The fraction of sp³-hybridized carbons (Fsp3) is 0.154. The Morgan fingerprint density at radius 1 is 1.40 bits per heavy atom. The number of carbonyl (C=O) groups excluding carboxylic acids is 2. The van der Waals surface area contributed by atoms with Gasteiger partial charge in [0, 0.05) is 17.1 Å². The Hall–Kier alpha value is -2.15. The fourth-order valence-electron chi connectivity index (χ4n) is 2.24. The lowest BCUT2D eigenvalue weighted by Gasteiger charge is -2.16. The number of hydrogen-bond acceptors (Lipinski definition) is 4. The molecule has 0 saturated carbocycles. The Labute approximate surface area is 122 Å². The number of nitrogens with zero attached hydrogens (tertiary/aromatic N) is 2. The smallest absolute Gasteiger partial charge is 0.296 e. The quantitative estimate of drug-likeness (QED) is 0.905. The van der Waals surface area contributed by atoms with Crippen molar-refractivity contribution in [3.8, 4) is 0 Å². The van der Waals surface area contributed by atoms with Crippen LogP contribution in [0.4, 0.5) is 5.69 Å². The number of para-hydroxylation sites is 1.